The molecule has 0 aliphatic rings. The van der Waals surface area contributed by atoms with E-state index in [-0.39, 0.29) is 0 Å². The van der Waals surface area contributed by atoms with E-state index in [0.717, 1.165) is 10.4 Å². The highest BCUT2D eigenvalue weighted by Gasteiger charge is 2.05. The van der Waals surface area contributed by atoms with Gasteiger partial charge in [0.25, 0.3) is 0 Å². The van der Waals surface area contributed by atoms with Crippen LogP contribution in [0.25, 0.3) is 21.9 Å². The lowest BCUT2D eigenvalue weighted by molar-refractivity contribution is 1.43. The van der Waals surface area contributed by atoms with Crippen LogP contribution in [-0.2, 0) is 0 Å². The lowest BCUT2D eigenvalue weighted by Crippen LogP contribution is -1.98. The standard InChI is InChI=1S/C21H15NS/c1-3-9-16(10-4-1)20-15-23-21(19-14-8-7-13-18(19)20)22-17-11-5-2-6-12-17/h1-15H. The topological polar surface area (TPSA) is 12.4 Å². The highest BCUT2D eigenvalue weighted by molar-refractivity contribution is 7.08. The van der Waals surface area contributed by atoms with E-state index >= 15 is 0 Å². The Balaban J connectivity index is 1.98. The summed E-state index contributed by atoms with van der Waals surface area (Å²) in [4.78, 5) is 4.82. The molecule has 0 amide bonds. The maximum Gasteiger partial charge on any atom is 0.124 e. The summed E-state index contributed by atoms with van der Waals surface area (Å²) in [5.74, 6) is 0. The van der Waals surface area contributed by atoms with Crippen molar-refractivity contribution in [2.24, 2.45) is 4.99 Å². The van der Waals surface area contributed by atoms with Crippen LogP contribution in [0.1, 0.15) is 0 Å². The maximum atomic E-state index is 4.82. The number of rotatable bonds is 2. The van der Waals surface area contributed by atoms with Gasteiger partial charge < -0.3 is 0 Å². The summed E-state index contributed by atoms with van der Waals surface area (Å²) < 4.78 is 1.05. The fourth-order valence-electron chi connectivity index (χ4n) is 2.69. The molecule has 0 aliphatic heterocycles. The average molecular weight is 313 g/mol. The van der Waals surface area contributed by atoms with Crippen LogP contribution in [0.4, 0.5) is 5.69 Å². The van der Waals surface area contributed by atoms with Gasteiger partial charge in [-0.15, -0.1) is 11.3 Å². The summed E-state index contributed by atoms with van der Waals surface area (Å²) in [7, 11) is 0. The van der Waals surface area contributed by atoms with Crippen molar-refractivity contribution in [1.29, 1.82) is 0 Å². The Hall–Kier alpha value is -2.71. The first-order valence-corrected chi connectivity index (χ1v) is 8.45. The summed E-state index contributed by atoms with van der Waals surface area (Å²) in [5, 5.41) is 4.65. The van der Waals surface area contributed by atoms with Gasteiger partial charge in [0.15, 0.2) is 0 Å². The number of benzene rings is 3. The van der Waals surface area contributed by atoms with E-state index in [1.807, 2.05) is 36.4 Å². The third-order valence-electron chi connectivity index (χ3n) is 3.81. The van der Waals surface area contributed by atoms with Gasteiger partial charge in [0.2, 0.25) is 0 Å². The monoisotopic (exact) mass is 313 g/mol. The molecule has 0 saturated heterocycles. The second-order valence-corrected chi connectivity index (χ2v) is 6.17. The first kappa shape index (κ1) is 13.9. The minimum atomic E-state index is 0.987. The van der Waals surface area contributed by atoms with Crippen molar-refractivity contribution >= 4 is 27.8 Å². The summed E-state index contributed by atoms with van der Waals surface area (Å²) in [6.07, 6.45) is 0. The highest BCUT2D eigenvalue weighted by Crippen LogP contribution is 2.28. The van der Waals surface area contributed by atoms with E-state index < -0.39 is 0 Å². The smallest absolute Gasteiger partial charge is 0.124 e. The van der Waals surface area contributed by atoms with Crippen LogP contribution in [-0.4, -0.2) is 0 Å². The first-order chi connectivity index (χ1) is 11.4. The van der Waals surface area contributed by atoms with E-state index in [0.29, 0.717) is 0 Å². The molecular weight excluding hydrogens is 298 g/mol. The molecule has 0 atom stereocenters. The third kappa shape index (κ3) is 2.81. The lowest BCUT2D eigenvalue weighted by atomic mass is 10.0. The van der Waals surface area contributed by atoms with Gasteiger partial charge in [-0.05, 0) is 28.6 Å². The Morgan fingerprint density at radius 1 is 0.609 bits per heavy atom. The van der Waals surface area contributed by atoms with Gasteiger partial charge in [0.05, 0.1) is 5.69 Å². The molecule has 0 bridgehead atoms. The molecule has 2 heteroatoms. The first-order valence-electron chi connectivity index (χ1n) is 7.57. The fraction of sp³-hybridized carbons (Fsp3) is 0. The summed E-state index contributed by atoms with van der Waals surface area (Å²) in [6, 6.07) is 29.1. The minimum absolute atomic E-state index is 0.987. The predicted molar refractivity (Wildman–Crippen MR) is 98.9 cm³/mol. The Labute approximate surface area is 139 Å². The maximum absolute atomic E-state index is 4.82. The van der Waals surface area contributed by atoms with Crippen molar-refractivity contribution in [3.63, 3.8) is 0 Å². The molecule has 0 N–H and O–H groups in total. The Morgan fingerprint density at radius 2 is 1.22 bits per heavy atom. The molecule has 23 heavy (non-hydrogen) atoms. The highest BCUT2D eigenvalue weighted by atomic mass is 32.1. The molecule has 0 radical (unpaired) electrons. The molecule has 1 heterocycles. The number of para-hydroxylation sites is 1. The van der Waals surface area contributed by atoms with Crippen molar-refractivity contribution in [3.8, 4) is 11.1 Å². The van der Waals surface area contributed by atoms with Crippen LogP contribution >= 0.6 is 11.3 Å². The van der Waals surface area contributed by atoms with Crippen molar-refractivity contribution in [2.75, 3.05) is 0 Å². The summed E-state index contributed by atoms with van der Waals surface area (Å²) >= 11 is 1.69. The SMILES string of the molecule is c1ccc(N=c2scc(-c3ccccc3)c3ccccc23)cc1. The molecule has 1 aromatic heterocycles. The normalized spacial score (nSPS) is 11.7. The zero-order valence-electron chi connectivity index (χ0n) is 12.5. The number of hydrogen-bond acceptors (Lipinski definition) is 2. The van der Waals surface area contributed by atoms with Crippen molar-refractivity contribution in [3.05, 3.63) is 95.0 Å². The third-order valence-corrected chi connectivity index (χ3v) is 4.70. The molecule has 4 aromatic rings. The van der Waals surface area contributed by atoms with Crippen LogP contribution in [0, 0.1) is 0 Å². The summed E-state index contributed by atoms with van der Waals surface area (Å²) in [5.41, 5.74) is 3.49. The Kier molecular flexibility index (Phi) is 3.75. The van der Waals surface area contributed by atoms with Crippen molar-refractivity contribution in [1.82, 2.24) is 0 Å². The van der Waals surface area contributed by atoms with Crippen LogP contribution in [0.5, 0.6) is 0 Å². The molecule has 0 unspecified atom stereocenters. The van der Waals surface area contributed by atoms with Crippen molar-refractivity contribution < 1.29 is 0 Å². The molecule has 3 aromatic carbocycles. The van der Waals surface area contributed by atoms with Crippen molar-refractivity contribution in [2.45, 2.75) is 0 Å². The second kappa shape index (κ2) is 6.19. The molecule has 0 aliphatic carbocycles. The second-order valence-electron chi connectivity index (χ2n) is 5.31. The number of nitrogens with zero attached hydrogens (tertiary/aromatic N) is 1. The van der Waals surface area contributed by atoms with Gasteiger partial charge in [0.1, 0.15) is 4.67 Å². The van der Waals surface area contributed by atoms with E-state index in [2.05, 4.69) is 53.9 Å². The zero-order chi connectivity index (χ0) is 15.5. The molecule has 0 spiro atoms. The van der Waals surface area contributed by atoms with Gasteiger partial charge in [-0.2, -0.15) is 0 Å². The lowest BCUT2D eigenvalue weighted by Gasteiger charge is -2.06. The van der Waals surface area contributed by atoms with Crippen LogP contribution in [0.15, 0.2) is 95.3 Å². The minimum Gasteiger partial charge on any atom is -0.238 e. The molecule has 1 nitrogen and oxygen atoms in total. The van der Waals surface area contributed by atoms with Gasteiger partial charge in [-0.25, -0.2) is 4.99 Å². The Bertz CT molecular complexity index is 1000. The van der Waals surface area contributed by atoms with Gasteiger partial charge in [0, 0.05) is 10.8 Å². The van der Waals surface area contributed by atoms with Crippen LogP contribution < -0.4 is 4.67 Å². The van der Waals surface area contributed by atoms with Gasteiger partial charge in [-0.3, -0.25) is 0 Å². The van der Waals surface area contributed by atoms with Crippen LogP contribution in [0.2, 0.25) is 0 Å². The summed E-state index contributed by atoms with van der Waals surface area (Å²) in [6.45, 7) is 0. The average Bonchev–Trinajstić information content (AvgIpc) is 2.64. The van der Waals surface area contributed by atoms with Crippen LogP contribution in [0.3, 0.4) is 0 Å². The molecule has 0 saturated carbocycles. The fourth-order valence-corrected chi connectivity index (χ4v) is 3.65. The quantitative estimate of drug-likeness (QED) is 0.443. The van der Waals surface area contributed by atoms with E-state index in [4.69, 9.17) is 4.99 Å². The number of fused-ring (bicyclic) bond motifs is 1. The molecular formula is C21H15NS. The predicted octanol–water partition coefficient (Wildman–Crippen LogP) is 5.80. The largest absolute Gasteiger partial charge is 0.238 e. The number of hydrogen-bond donors (Lipinski definition) is 0. The molecule has 4 rings (SSSR count). The van der Waals surface area contributed by atoms with Gasteiger partial charge >= 0.3 is 0 Å². The van der Waals surface area contributed by atoms with E-state index in [1.165, 1.54) is 21.9 Å². The zero-order valence-corrected chi connectivity index (χ0v) is 13.3. The van der Waals surface area contributed by atoms with Gasteiger partial charge in [-0.1, -0.05) is 72.8 Å². The molecule has 110 valence electrons. The molecule has 0 fully saturated rings. The Morgan fingerprint density at radius 3 is 1.96 bits per heavy atom. The van der Waals surface area contributed by atoms with E-state index in [9.17, 15) is 0 Å². The van der Waals surface area contributed by atoms with E-state index in [1.54, 1.807) is 11.3 Å².